The van der Waals surface area contributed by atoms with Crippen molar-refractivity contribution >= 4 is 7.27 Å². The van der Waals surface area contributed by atoms with Gasteiger partial charge in [-0.2, -0.15) is 0 Å². The van der Waals surface area contributed by atoms with Crippen molar-refractivity contribution in [3.05, 3.63) is 0 Å². The fourth-order valence-corrected chi connectivity index (χ4v) is 0.685. The molecular formula is C6H11BF2N+. The van der Waals surface area contributed by atoms with E-state index in [9.17, 15) is 8.63 Å². The summed E-state index contributed by atoms with van der Waals surface area (Å²) in [4.78, 5) is 0. The van der Waals surface area contributed by atoms with E-state index in [1.807, 2.05) is 0 Å². The molecule has 0 amide bonds. The Morgan fingerprint density at radius 1 is 1.50 bits per heavy atom. The Balaban J connectivity index is 3.77. The van der Waals surface area contributed by atoms with Crippen LogP contribution in [-0.4, -0.2) is 38.8 Å². The molecule has 0 aromatic rings. The fraction of sp³-hybridized carbons (Fsp3) is 0.667. The maximum Gasteiger partial charge on any atom is 0.592 e. The lowest BCUT2D eigenvalue weighted by molar-refractivity contribution is -0.873. The summed E-state index contributed by atoms with van der Waals surface area (Å²) in [7, 11) is 1.10. The largest absolute Gasteiger partial charge is 0.592 e. The van der Waals surface area contributed by atoms with Gasteiger partial charge in [0.15, 0.2) is 0 Å². The van der Waals surface area contributed by atoms with Gasteiger partial charge in [-0.05, 0) is 5.92 Å². The lowest BCUT2D eigenvalue weighted by atomic mass is 9.97. The van der Waals surface area contributed by atoms with E-state index in [-0.39, 0.29) is 10.9 Å². The molecule has 0 N–H and O–H groups in total. The predicted octanol–water partition coefficient (Wildman–Crippen LogP) is 0.662. The monoisotopic (exact) mass is 146 g/mol. The lowest BCUT2D eigenvalue weighted by Gasteiger charge is -2.25. The molecule has 0 aliphatic heterocycles. The molecule has 0 saturated heterocycles. The van der Waals surface area contributed by atoms with Crippen LogP contribution < -0.4 is 0 Å². The molecule has 0 aromatic carbocycles. The van der Waals surface area contributed by atoms with Crippen LogP contribution in [0.1, 0.15) is 0 Å². The van der Waals surface area contributed by atoms with Crippen LogP contribution >= 0.6 is 0 Å². The minimum atomic E-state index is -2.27. The topological polar surface area (TPSA) is 0 Å². The van der Waals surface area contributed by atoms with Crippen LogP contribution in [0.2, 0.25) is 0 Å². The average Bonchev–Trinajstić information content (AvgIpc) is 1.59. The van der Waals surface area contributed by atoms with Crippen molar-refractivity contribution in [1.82, 2.24) is 0 Å². The van der Waals surface area contributed by atoms with Gasteiger partial charge < -0.3 is 4.48 Å². The molecule has 0 unspecified atom stereocenters. The van der Waals surface area contributed by atoms with E-state index in [4.69, 9.17) is 6.42 Å². The van der Waals surface area contributed by atoms with Crippen LogP contribution in [-0.2, 0) is 0 Å². The average molecular weight is 146 g/mol. The third kappa shape index (κ3) is 4.34. The number of hydrogen-bond donors (Lipinski definition) is 0. The Kier molecular flexibility index (Phi) is 3.38. The number of hydrogen-bond acceptors (Lipinski definition) is 0. The summed E-state index contributed by atoms with van der Waals surface area (Å²) in [5.41, 5.74) is 0. The molecule has 0 bridgehead atoms. The van der Waals surface area contributed by atoms with Crippen LogP contribution in [0, 0.1) is 12.3 Å². The summed E-state index contributed by atoms with van der Waals surface area (Å²) in [6.07, 6.45) is 4.80. The highest BCUT2D eigenvalue weighted by molar-refractivity contribution is 6.42. The minimum absolute atomic E-state index is 0.176. The molecule has 0 fully saturated rings. The summed E-state index contributed by atoms with van der Waals surface area (Å²) in [5, 5.41) is 0. The van der Waals surface area contributed by atoms with Gasteiger partial charge in [0.25, 0.3) is 0 Å². The smallest absolute Gasteiger partial charge is 0.320 e. The maximum atomic E-state index is 11.8. The quantitative estimate of drug-likeness (QED) is 0.311. The number of terminal acetylenes is 1. The molecule has 0 radical (unpaired) electrons. The van der Waals surface area contributed by atoms with Gasteiger partial charge in [0, 0.05) is 0 Å². The molecule has 0 rings (SSSR count). The zero-order valence-electron chi connectivity index (χ0n) is 6.27. The molecule has 10 heavy (non-hydrogen) atoms. The van der Waals surface area contributed by atoms with Crippen molar-refractivity contribution < 1.29 is 13.1 Å². The Morgan fingerprint density at radius 2 is 2.00 bits per heavy atom. The SMILES string of the molecule is C#CC[N+](C)(C)CB(F)F. The molecule has 0 aliphatic rings. The van der Waals surface area contributed by atoms with Gasteiger partial charge in [0.2, 0.25) is 0 Å². The first kappa shape index (κ1) is 9.44. The fourth-order valence-electron chi connectivity index (χ4n) is 0.685. The zero-order valence-corrected chi connectivity index (χ0v) is 6.27. The highest BCUT2D eigenvalue weighted by atomic mass is 19.2. The zero-order chi connectivity index (χ0) is 8.20. The molecule has 0 spiro atoms. The molecular weight excluding hydrogens is 135 g/mol. The first-order chi connectivity index (χ1) is 4.48. The Hall–Kier alpha value is -0.555. The molecule has 1 nitrogen and oxygen atoms in total. The number of rotatable bonds is 3. The number of halogens is 2. The van der Waals surface area contributed by atoms with Gasteiger partial charge in [0.1, 0.15) is 13.0 Å². The van der Waals surface area contributed by atoms with E-state index < -0.39 is 7.27 Å². The highest BCUT2D eigenvalue weighted by Crippen LogP contribution is 1.99. The van der Waals surface area contributed by atoms with E-state index in [1.54, 1.807) is 14.1 Å². The number of quaternary nitrogens is 1. The van der Waals surface area contributed by atoms with E-state index in [2.05, 4.69) is 5.92 Å². The van der Waals surface area contributed by atoms with Crippen molar-refractivity contribution in [3.8, 4) is 12.3 Å². The Morgan fingerprint density at radius 3 is 2.30 bits per heavy atom. The molecule has 0 aliphatic carbocycles. The molecule has 0 heterocycles. The second kappa shape index (κ2) is 3.57. The van der Waals surface area contributed by atoms with Crippen LogP contribution in [0.15, 0.2) is 0 Å². The van der Waals surface area contributed by atoms with Gasteiger partial charge in [-0.3, -0.25) is 8.63 Å². The normalized spacial score (nSPS) is 10.7. The first-order valence-electron chi connectivity index (χ1n) is 3.01. The van der Waals surface area contributed by atoms with Gasteiger partial charge >= 0.3 is 7.27 Å². The van der Waals surface area contributed by atoms with Gasteiger partial charge in [-0.15, -0.1) is 6.42 Å². The second-order valence-electron chi connectivity index (χ2n) is 2.87. The third-order valence-corrected chi connectivity index (χ3v) is 1.15. The molecule has 0 atom stereocenters. The summed E-state index contributed by atoms with van der Waals surface area (Å²) < 4.78 is 23.7. The standard InChI is InChI=1S/C6H11BF2N/c1-4-5-10(2,3)6-7(8)9/h1H,5-6H2,2-3H3/q+1. The molecule has 4 heteroatoms. The summed E-state index contributed by atoms with van der Waals surface area (Å²) >= 11 is 0. The third-order valence-electron chi connectivity index (χ3n) is 1.15. The van der Waals surface area contributed by atoms with Crippen molar-refractivity contribution in [3.63, 3.8) is 0 Å². The van der Waals surface area contributed by atoms with Crippen LogP contribution in [0.25, 0.3) is 0 Å². The Bertz CT molecular complexity index is 139. The lowest BCUT2D eigenvalue weighted by Crippen LogP contribution is -2.44. The van der Waals surface area contributed by atoms with Crippen LogP contribution in [0.4, 0.5) is 8.63 Å². The second-order valence-corrected chi connectivity index (χ2v) is 2.87. The van der Waals surface area contributed by atoms with Crippen molar-refractivity contribution in [2.75, 3.05) is 27.1 Å². The van der Waals surface area contributed by atoms with Crippen molar-refractivity contribution in [2.24, 2.45) is 0 Å². The van der Waals surface area contributed by atoms with Crippen LogP contribution in [0.3, 0.4) is 0 Å². The predicted molar refractivity (Wildman–Crippen MR) is 38.6 cm³/mol. The van der Waals surface area contributed by atoms with Crippen molar-refractivity contribution in [1.29, 1.82) is 0 Å². The van der Waals surface area contributed by atoms with Crippen LogP contribution in [0.5, 0.6) is 0 Å². The van der Waals surface area contributed by atoms with E-state index in [1.165, 1.54) is 0 Å². The summed E-state index contributed by atoms with van der Waals surface area (Å²) in [6.45, 7) is 0.352. The van der Waals surface area contributed by atoms with Crippen molar-refractivity contribution in [2.45, 2.75) is 0 Å². The molecule has 56 valence electrons. The minimum Gasteiger partial charge on any atom is -0.320 e. The van der Waals surface area contributed by atoms with E-state index >= 15 is 0 Å². The summed E-state index contributed by atoms with van der Waals surface area (Å²) in [6, 6.07) is 0. The highest BCUT2D eigenvalue weighted by Gasteiger charge is 2.25. The summed E-state index contributed by atoms with van der Waals surface area (Å²) in [5.74, 6) is 2.35. The molecule has 0 aromatic heterocycles. The van der Waals surface area contributed by atoms with E-state index in [0.29, 0.717) is 6.54 Å². The van der Waals surface area contributed by atoms with Gasteiger partial charge in [-0.25, -0.2) is 0 Å². The van der Waals surface area contributed by atoms with Gasteiger partial charge in [-0.1, -0.05) is 0 Å². The van der Waals surface area contributed by atoms with E-state index in [0.717, 1.165) is 0 Å². The molecule has 0 saturated carbocycles. The Labute approximate surface area is 60.8 Å². The first-order valence-corrected chi connectivity index (χ1v) is 3.01. The maximum absolute atomic E-state index is 11.8. The van der Waals surface area contributed by atoms with Gasteiger partial charge in [0.05, 0.1) is 14.1 Å². The number of nitrogens with zero attached hydrogens (tertiary/aromatic N) is 1.